The van der Waals surface area contributed by atoms with Gasteiger partial charge in [-0.2, -0.15) is 0 Å². The summed E-state index contributed by atoms with van der Waals surface area (Å²) >= 11 is 0. The van der Waals surface area contributed by atoms with Gasteiger partial charge in [0.15, 0.2) is 0 Å². The third-order valence-corrected chi connectivity index (χ3v) is 3.05. The number of halogens is 3. The van der Waals surface area contributed by atoms with E-state index in [4.69, 9.17) is 10.5 Å². The predicted octanol–water partition coefficient (Wildman–Crippen LogP) is 2.28. The third-order valence-electron chi connectivity index (χ3n) is 3.05. The van der Waals surface area contributed by atoms with Crippen LogP contribution in [0.1, 0.15) is 0 Å². The molecular weight excluding hydrogens is 315 g/mol. The second kappa shape index (κ2) is 5.30. The molecule has 23 heavy (non-hydrogen) atoms. The molecule has 3 aromatic rings. The molecule has 0 aliphatic heterocycles. The molecule has 0 saturated carbocycles. The lowest BCUT2D eigenvalue weighted by Crippen LogP contribution is -2.18. The number of imidazole rings is 1. The van der Waals surface area contributed by atoms with Crippen LogP contribution in [-0.4, -0.2) is 33.1 Å². The Hall–Kier alpha value is -3.04. The first-order valence-electron chi connectivity index (χ1n) is 6.27. The van der Waals surface area contributed by atoms with Gasteiger partial charge in [-0.1, -0.05) is 0 Å². The number of anilines is 1. The van der Waals surface area contributed by atoms with Crippen LogP contribution in [0.25, 0.3) is 16.8 Å². The highest BCUT2D eigenvalue weighted by Gasteiger charge is 2.33. The molecule has 2 aromatic heterocycles. The first kappa shape index (κ1) is 14.9. The van der Waals surface area contributed by atoms with Gasteiger partial charge >= 0.3 is 6.36 Å². The van der Waals surface area contributed by atoms with Gasteiger partial charge in [-0.3, -0.25) is 4.40 Å². The van der Waals surface area contributed by atoms with Crippen molar-refractivity contribution in [2.45, 2.75) is 6.36 Å². The fraction of sp³-hybridized carbons (Fsp3) is 0.154. The molecule has 0 bridgehead atoms. The second-order valence-electron chi connectivity index (χ2n) is 4.47. The van der Waals surface area contributed by atoms with Crippen molar-refractivity contribution in [3.05, 3.63) is 30.7 Å². The quantitative estimate of drug-likeness (QED) is 0.795. The van der Waals surface area contributed by atoms with E-state index in [2.05, 4.69) is 19.9 Å². The number of methoxy groups -OCH3 is 1. The minimum atomic E-state index is -4.86. The average Bonchev–Trinajstić information content (AvgIpc) is 2.97. The zero-order valence-electron chi connectivity index (χ0n) is 11.7. The molecule has 0 aliphatic rings. The lowest BCUT2D eigenvalue weighted by Gasteiger charge is -2.14. The Morgan fingerprint density at radius 1 is 1.22 bits per heavy atom. The molecule has 120 valence electrons. The first-order valence-corrected chi connectivity index (χ1v) is 6.27. The minimum absolute atomic E-state index is 0.0630. The van der Waals surface area contributed by atoms with Crippen LogP contribution in [0.2, 0.25) is 0 Å². The number of hydrogen-bond acceptors (Lipinski definition) is 6. The Morgan fingerprint density at radius 2 is 2.00 bits per heavy atom. The minimum Gasteiger partial charge on any atom is -0.497 e. The zero-order valence-corrected chi connectivity index (χ0v) is 11.7. The Bertz CT molecular complexity index is 862. The van der Waals surface area contributed by atoms with Crippen LogP contribution >= 0.6 is 0 Å². The lowest BCUT2D eigenvalue weighted by atomic mass is 10.1. The second-order valence-corrected chi connectivity index (χ2v) is 4.47. The Labute approximate surface area is 127 Å². The molecule has 3 rings (SSSR count). The van der Waals surface area contributed by atoms with Gasteiger partial charge in [-0.15, -0.1) is 23.4 Å². The first-order chi connectivity index (χ1) is 10.9. The van der Waals surface area contributed by atoms with Gasteiger partial charge in [-0.05, 0) is 12.1 Å². The number of nitrogens with zero attached hydrogens (tertiary/aromatic N) is 4. The van der Waals surface area contributed by atoms with Crippen molar-refractivity contribution >= 4 is 11.5 Å². The molecule has 0 saturated heterocycles. The fourth-order valence-corrected chi connectivity index (χ4v) is 2.08. The van der Waals surface area contributed by atoms with E-state index in [1.807, 2.05) is 0 Å². The Morgan fingerprint density at radius 3 is 2.70 bits per heavy atom. The maximum absolute atomic E-state index is 12.7. The molecule has 0 radical (unpaired) electrons. The number of fused-ring (bicyclic) bond motifs is 1. The third kappa shape index (κ3) is 2.82. The molecule has 0 aliphatic carbocycles. The highest BCUT2D eigenvalue weighted by Crippen LogP contribution is 2.37. The summed E-state index contributed by atoms with van der Waals surface area (Å²) in [6, 6.07) is 4.00. The maximum atomic E-state index is 12.7. The highest BCUT2D eigenvalue weighted by molar-refractivity contribution is 5.81. The van der Waals surface area contributed by atoms with Gasteiger partial charge in [-0.25, -0.2) is 4.98 Å². The van der Waals surface area contributed by atoms with Crippen molar-refractivity contribution in [3.8, 4) is 22.8 Å². The SMILES string of the molecule is COc1ccc(-c2nnc(N)n3cncc23)c(OC(F)(F)F)c1. The summed E-state index contributed by atoms with van der Waals surface area (Å²) in [5.41, 5.74) is 6.28. The summed E-state index contributed by atoms with van der Waals surface area (Å²) in [6.07, 6.45) is -2.06. The topological polar surface area (TPSA) is 87.6 Å². The van der Waals surface area contributed by atoms with E-state index in [0.29, 0.717) is 5.52 Å². The molecule has 10 heteroatoms. The number of rotatable bonds is 3. The molecule has 7 nitrogen and oxygen atoms in total. The van der Waals surface area contributed by atoms with Crippen molar-refractivity contribution in [3.63, 3.8) is 0 Å². The number of nitrogens with two attached hydrogens (primary N) is 1. The van der Waals surface area contributed by atoms with Crippen molar-refractivity contribution in [2.75, 3.05) is 12.8 Å². The van der Waals surface area contributed by atoms with Crippen LogP contribution in [-0.2, 0) is 0 Å². The number of alkyl halides is 3. The average molecular weight is 325 g/mol. The number of ether oxygens (including phenoxy) is 2. The summed E-state index contributed by atoms with van der Waals surface area (Å²) in [5.74, 6) is -0.187. The van der Waals surface area contributed by atoms with Gasteiger partial charge < -0.3 is 15.2 Å². The zero-order chi connectivity index (χ0) is 16.6. The molecule has 2 heterocycles. The van der Waals surface area contributed by atoms with E-state index in [1.54, 1.807) is 0 Å². The molecular formula is C13H10F3N5O2. The van der Waals surface area contributed by atoms with Crippen LogP contribution in [0.4, 0.5) is 19.1 Å². The Balaban J connectivity index is 2.21. The van der Waals surface area contributed by atoms with Gasteiger partial charge in [0.05, 0.1) is 18.8 Å². The van der Waals surface area contributed by atoms with E-state index >= 15 is 0 Å². The summed E-state index contributed by atoms with van der Waals surface area (Å²) < 4.78 is 48.4. The van der Waals surface area contributed by atoms with E-state index < -0.39 is 12.1 Å². The van der Waals surface area contributed by atoms with E-state index in [0.717, 1.165) is 6.07 Å². The Kier molecular flexibility index (Phi) is 3.43. The fourth-order valence-electron chi connectivity index (χ4n) is 2.08. The lowest BCUT2D eigenvalue weighted by molar-refractivity contribution is -0.274. The van der Waals surface area contributed by atoms with Crippen LogP contribution in [0, 0.1) is 0 Å². The van der Waals surface area contributed by atoms with Crippen molar-refractivity contribution in [1.29, 1.82) is 0 Å². The summed E-state index contributed by atoms with van der Waals surface area (Å²) in [6.45, 7) is 0. The smallest absolute Gasteiger partial charge is 0.497 e. The van der Waals surface area contributed by atoms with Crippen LogP contribution in [0.5, 0.6) is 11.5 Å². The molecule has 0 amide bonds. The van der Waals surface area contributed by atoms with E-state index in [1.165, 1.54) is 36.2 Å². The highest BCUT2D eigenvalue weighted by atomic mass is 19.4. The van der Waals surface area contributed by atoms with Gasteiger partial charge in [0.25, 0.3) is 0 Å². The molecule has 0 atom stereocenters. The summed E-state index contributed by atoms with van der Waals surface area (Å²) in [7, 11) is 1.34. The van der Waals surface area contributed by atoms with Crippen LogP contribution in [0.15, 0.2) is 30.7 Å². The normalized spacial score (nSPS) is 11.7. The number of aromatic nitrogens is 4. The largest absolute Gasteiger partial charge is 0.573 e. The molecule has 0 unspecified atom stereocenters. The molecule has 1 aromatic carbocycles. The summed E-state index contributed by atoms with van der Waals surface area (Å²) in [5, 5.41) is 7.59. The van der Waals surface area contributed by atoms with Gasteiger partial charge in [0.1, 0.15) is 23.5 Å². The predicted molar refractivity (Wildman–Crippen MR) is 73.9 cm³/mol. The van der Waals surface area contributed by atoms with E-state index in [9.17, 15) is 13.2 Å². The monoisotopic (exact) mass is 325 g/mol. The number of hydrogen-bond donors (Lipinski definition) is 1. The number of benzene rings is 1. The number of nitrogen functional groups attached to an aromatic ring is 1. The maximum Gasteiger partial charge on any atom is 0.573 e. The van der Waals surface area contributed by atoms with Gasteiger partial charge in [0, 0.05) is 11.6 Å². The molecule has 0 spiro atoms. The van der Waals surface area contributed by atoms with E-state index in [-0.39, 0.29) is 23.0 Å². The van der Waals surface area contributed by atoms with Crippen molar-refractivity contribution in [2.24, 2.45) is 0 Å². The van der Waals surface area contributed by atoms with Gasteiger partial charge in [0.2, 0.25) is 5.95 Å². The van der Waals surface area contributed by atoms with Crippen LogP contribution in [0.3, 0.4) is 0 Å². The molecule has 0 fully saturated rings. The standard InChI is InChI=1S/C13H10F3N5O2/c1-22-7-2-3-8(10(4-7)23-13(14,15)16)11-9-5-18-6-21(9)12(17)20-19-11/h2-6H,1H3,(H2,17,20). The summed E-state index contributed by atoms with van der Waals surface area (Å²) in [4.78, 5) is 3.90. The molecule has 2 N–H and O–H groups in total. The van der Waals surface area contributed by atoms with Crippen molar-refractivity contribution < 1.29 is 22.6 Å². The van der Waals surface area contributed by atoms with Crippen LogP contribution < -0.4 is 15.2 Å². The van der Waals surface area contributed by atoms with Crippen molar-refractivity contribution in [1.82, 2.24) is 19.6 Å².